The quantitative estimate of drug-likeness (QED) is 0.392. The number of hydrogen-bond acceptors (Lipinski definition) is 6. The zero-order chi connectivity index (χ0) is 20.1. The first kappa shape index (κ1) is 19.5. The van der Waals surface area contributed by atoms with Crippen LogP contribution in [0.15, 0.2) is 54.0 Å². The lowest BCUT2D eigenvalue weighted by atomic mass is 10.1. The number of aryl methyl sites for hydroxylation is 1. The van der Waals surface area contributed by atoms with Gasteiger partial charge in [-0.3, -0.25) is 10.1 Å². The van der Waals surface area contributed by atoms with Crippen molar-refractivity contribution in [2.45, 2.75) is 26.4 Å². The summed E-state index contributed by atoms with van der Waals surface area (Å²) in [5, 5.41) is 16.5. The van der Waals surface area contributed by atoms with Gasteiger partial charge in [0.05, 0.1) is 5.69 Å². The molecule has 3 aromatic rings. The van der Waals surface area contributed by atoms with Crippen molar-refractivity contribution >= 4 is 28.3 Å². The second-order valence-electron chi connectivity index (χ2n) is 6.04. The summed E-state index contributed by atoms with van der Waals surface area (Å²) in [6.45, 7) is 3.52. The van der Waals surface area contributed by atoms with Crippen LogP contribution in [0, 0.1) is 5.21 Å². The summed E-state index contributed by atoms with van der Waals surface area (Å²) in [6.07, 6.45) is 1.07. The molecule has 1 N–H and O–H groups in total. The molecule has 144 valence electrons. The second kappa shape index (κ2) is 8.62. The maximum absolute atomic E-state index is 12.3. The molecule has 8 heteroatoms. The number of carbonyl (C=O) groups is 2. The van der Waals surface area contributed by atoms with Gasteiger partial charge in [0.2, 0.25) is 0 Å². The highest BCUT2D eigenvalue weighted by Crippen LogP contribution is 2.25. The molecule has 3 rings (SSSR count). The monoisotopic (exact) mass is 397 g/mol. The zero-order valence-electron chi connectivity index (χ0n) is 15.4. The molecule has 0 bridgehead atoms. The summed E-state index contributed by atoms with van der Waals surface area (Å²) >= 11 is 1.28. The van der Waals surface area contributed by atoms with Crippen LogP contribution in [0.25, 0.3) is 11.3 Å². The Kier molecular flexibility index (Phi) is 6.00. The first-order valence-electron chi connectivity index (χ1n) is 8.72. The number of benzene rings is 1. The molecule has 28 heavy (non-hydrogen) atoms. The van der Waals surface area contributed by atoms with Gasteiger partial charge in [-0.25, -0.2) is 9.78 Å². The smallest absolute Gasteiger partial charge is 0.405 e. The Labute approximate surface area is 166 Å². The van der Waals surface area contributed by atoms with Gasteiger partial charge in [0, 0.05) is 23.1 Å². The predicted octanol–water partition coefficient (Wildman–Crippen LogP) is 3.19. The maximum Gasteiger partial charge on any atom is 0.405 e. The highest BCUT2D eigenvalue weighted by molar-refractivity contribution is 7.14. The van der Waals surface area contributed by atoms with Crippen LogP contribution in [-0.2, 0) is 16.0 Å². The van der Waals surface area contributed by atoms with Gasteiger partial charge in [-0.05, 0) is 25.0 Å². The highest BCUT2D eigenvalue weighted by Gasteiger charge is 2.24. The van der Waals surface area contributed by atoms with E-state index in [1.807, 2.05) is 29.6 Å². The molecule has 7 nitrogen and oxygen atoms in total. The Bertz CT molecular complexity index is 985. The molecule has 0 unspecified atom stereocenters. The van der Waals surface area contributed by atoms with Crippen LogP contribution in [-0.4, -0.2) is 23.0 Å². The van der Waals surface area contributed by atoms with Crippen molar-refractivity contribution in [3.63, 3.8) is 0 Å². The van der Waals surface area contributed by atoms with Crippen molar-refractivity contribution in [2.75, 3.05) is 5.32 Å². The van der Waals surface area contributed by atoms with E-state index in [9.17, 15) is 14.8 Å². The lowest BCUT2D eigenvalue weighted by Crippen LogP contribution is -2.37. The van der Waals surface area contributed by atoms with Crippen molar-refractivity contribution in [2.24, 2.45) is 0 Å². The molecule has 1 atom stereocenters. The second-order valence-corrected chi connectivity index (χ2v) is 6.89. The van der Waals surface area contributed by atoms with Crippen LogP contribution in [0.3, 0.4) is 0 Å². The first-order valence-corrected chi connectivity index (χ1v) is 9.60. The van der Waals surface area contributed by atoms with E-state index in [1.165, 1.54) is 42.2 Å². The number of aromatic nitrogens is 2. The van der Waals surface area contributed by atoms with Gasteiger partial charge < -0.3 is 9.94 Å². The molecule has 0 saturated heterocycles. The predicted molar refractivity (Wildman–Crippen MR) is 106 cm³/mol. The number of rotatable bonds is 6. The minimum absolute atomic E-state index is 0.186. The van der Waals surface area contributed by atoms with Crippen LogP contribution in [0.1, 0.15) is 29.9 Å². The number of carbonyl (C=O) groups excluding carboxylic acids is 2. The number of amides is 1. The van der Waals surface area contributed by atoms with Crippen molar-refractivity contribution < 1.29 is 19.1 Å². The summed E-state index contributed by atoms with van der Waals surface area (Å²) < 4.78 is 5.47. The number of esters is 1. The number of anilines is 1. The van der Waals surface area contributed by atoms with E-state index in [-0.39, 0.29) is 5.69 Å². The highest BCUT2D eigenvalue weighted by atomic mass is 32.1. The van der Waals surface area contributed by atoms with Crippen LogP contribution < -0.4 is 10.0 Å². The van der Waals surface area contributed by atoms with Crippen molar-refractivity contribution in [1.29, 1.82) is 0 Å². The van der Waals surface area contributed by atoms with Gasteiger partial charge in [0.1, 0.15) is 0 Å². The average molecular weight is 397 g/mol. The molecule has 0 radical (unpaired) electrons. The van der Waals surface area contributed by atoms with Gasteiger partial charge in [-0.2, -0.15) is 4.73 Å². The van der Waals surface area contributed by atoms with E-state index in [4.69, 9.17) is 4.74 Å². The van der Waals surface area contributed by atoms with E-state index in [1.54, 1.807) is 6.07 Å². The van der Waals surface area contributed by atoms with Crippen LogP contribution >= 0.6 is 11.3 Å². The lowest BCUT2D eigenvalue weighted by molar-refractivity contribution is -0.608. The summed E-state index contributed by atoms with van der Waals surface area (Å²) in [5.74, 6) is -1.39. The molecule has 0 aliphatic carbocycles. The molecule has 1 amide bonds. The van der Waals surface area contributed by atoms with Crippen LogP contribution in [0.5, 0.6) is 0 Å². The topological polar surface area (TPSA) is 95.2 Å². The minimum atomic E-state index is -1.08. The average Bonchev–Trinajstić information content (AvgIpc) is 3.16. The molecule has 2 heterocycles. The third-order valence-corrected chi connectivity index (χ3v) is 4.84. The van der Waals surface area contributed by atoms with E-state index < -0.39 is 18.0 Å². The number of nitrogens with zero attached hydrogens (tertiary/aromatic N) is 2. The first-order chi connectivity index (χ1) is 13.5. The molecule has 0 spiro atoms. The standard InChI is InChI=1S/C20H19N3O4S/c1-3-14-7-9-15(10-8-14)16-12-28-20(21-16)22-18(24)13(2)27-19(25)17-6-4-5-11-23(17)26/h4-13H,3H2,1-2H3,(H,21,22,24)/t13-/m0/s1. The Morgan fingerprint density at radius 1 is 1.25 bits per heavy atom. The number of pyridine rings is 1. The molecule has 2 aromatic heterocycles. The van der Waals surface area contributed by atoms with Crippen LogP contribution in [0.4, 0.5) is 5.13 Å². The van der Waals surface area contributed by atoms with E-state index in [2.05, 4.69) is 17.2 Å². The van der Waals surface area contributed by atoms with E-state index in [0.29, 0.717) is 9.86 Å². The minimum Gasteiger partial charge on any atom is -0.618 e. The Morgan fingerprint density at radius 3 is 2.68 bits per heavy atom. The summed E-state index contributed by atoms with van der Waals surface area (Å²) in [4.78, 5) is 28.7. The number of hydrogen-bond donors (Lipinski definition) is 1. The normalized spacial score (nSPS) is 11.6. The third-order valence-electron chi connectivity index (χ3n) is 4.08. The fourth-order valence-electron chi connectivity index (χ4n) is 2.44. The zero-order valence-corrected chi connectivity index (χ0v) is 16.2. The van der Waals surface area contributed by atoms with Crippen molar-refractivity contribution in [3.8, 4) is 11.3 Å². The SMILES string of the molecule is CCc1ccc(-c2csc(NC(=O)[C@H](C)OC(=O)c3cccc[n+]3[O-])n2)cc1. The summed E-state index contributed by atoms with van der Waals surface area (Å²) in [6, 6.07) is 12.4. The van der Waals surface area contributed by atoms with E-state index >= 15 is 0 Å². The molecule has 0 fully saturated rings. The molecule has 0 saturated carbocycles. The van der Waals surface area contributed by atoms with Gasteiger partial charge in [-0.15, -0.1) is 11.3 Å². The molecule has 0 aliphatic heterocycles. The van der Waals surface area contributed by atoms with Crippen LogP contribution in [0.2, 0.25) is 0 Å². The fourth-order valence-corrected chi connectivity index (χ4v) is 3.17. The van der Waals surface area contributed by atoms with Crippen molar-refractivity contribution in [3.05, 3.63) is 70.5 Å². The number of ether oxygens (including phenoxy) is 1. The van der Waals surface area contributed by atoms with E-state index in [0.717, 1.165) is 17.7 Å². The Morgan fingerprint density at radius 2 is 2.00 bits per heavy atom. The van der Waals surface area contributed by atoms with Gasteiger partial charge in [0.25, 0.3) is 5.91 Å². The molecular weight excluding hydrogens is 378 g/mol. The van der Waals surface area contributed by atoms with Gasteiger partial charge in [-0.1, -0.05) is 31.2 Å². The summed E-state index contributed by atoms with van der Waals surface area (Å²) in [5.41, 5.74) is 2.76. The largest absolute Gasteiger partial charge is 0.618 e. The maximum atomic E-state index is 12.3. The molecular formula is C20H19N3O4S. The fraction of sp³-hybridized carbons (Fsp3) is 0.200. The Balaban J connectivity index is 1.62. The van der Waals surface area contributed by atoms with Gasteiger partial charge in [0.15, 0.2) is 17.4 Å². The number of thiazole rings is 1. The number of nitrogens with one attached hydrogen (secondary N) is 1. The lowest BCUT2D eigenvalue weighted by Gasteiger charge is -2.11. The molecule has 1 aromatic carbocycles. The van der Waals surface area contributed by atoms with Gasteiger partial charge >= 0.3 is 11.7 Å². The third kappa shape index (κ3) is 4.52. The molecule has 0 aliphatic rings. The summed E-state index contributed by atoms with van der Waals surface area (Å²) in [7, 11) is 0. The van der Waals surface area contributed by atoms with Crippen molar-refractivity contribution in [1.82, 2.24) is 4.98 Å². The Hall–Kier alpha value is -3.26.